The Balaban J connectivity index is 1.35. The summed E-state index contributed by atoms with van der Waals surface area (Å²) in [5, 5.41) is 10.3. The lowest BCUT2D eigenvalue weighted by molar-refractivity contribution is -0.121. The summed E-state index contributed by atoms with van der Waals surface area (Å²) in [6, 6.07) is 5.23. The van der Waals surface area contributed by atoms with E-state index in [1.165, 1.54) is 6.42 Å². The van der Waals surface area contributed by atoms with E-state index in [2.05, 4.69) is 39.5 Å². The zero-order valence-electron chi connectivity index (χ0n) is 21.6. The van der Waals surface area contributed by atoms with E-state index in [1.54, 1.807) is 30.2 Å². The molecule has 1 aliphatic heterocycles. The SMILES string of the molecule is CC[C@H]1COCCN1c1ccc(NC(=O)[C@@H](NC(=O)c2ccnn2C)C(C2CCC2)C2(C)CC2)cn1. The van der Waals surface area contributed by atoms with Crippen LogP contribution in [0.25, 0.3) is 0 Å². The van der Waals surface area contributed by atoms with Crippen LogP contribution in [0.3, 0.4) is 0 Å². The highest BCUT2D eigenvalue weighted by Crippen LogP contribution is 2.58. The van der Waals surface area contributed by atoms with Crippen molar-refractivity contribution in [1.82, 2.24) is 20.1 Å². The molecule has 0 spiro atoms. The van der Waals surface area contributed by atoms with Crippen molar-refractivity contribution >= 4 is 23.3 Å². The van der Waals surface area contributed by atoms with Gasteiger partial charge in [0.05, 0.1) is 31.1 Å². The third-order valence-electron chi connectivity index (χ3n) is 8.49. The molecule has 3 aliphatic rings. The summed E-state index contributed by atoms with van der Waals surface area (Å²) in [4.78, 5) is 33.8. The van der Waals surface area contributed by atoms with Gasteiger partial charge in [-0.05, 0) is 54.7 Å². The number of carbonyl (C=O) groups excluding carboxylic acids is 2. The number of rotatable bonds is 9. The normalized spacial score (nSPS) is 22.9. The van der Waals surface area contributed by atoms with Crippen molar-refractivity contribution in [2.24, 2.45) is 24.3 Å². The zero-order chi connectivity index (χ0) is 25.3. The molecular weight excluding hydrogens is 456 g/mol. The Hall–Kier alpha value is -2.94. The topological polar surface area (TPSA) is 101 Å². The molecule has 0 bridgehead atoms. The van der Waals surface area contributed by atoms with Crippen molar-refractivity contribution in [3.8, 4) is 0 Å². The Morgan fingerprint density at radius 2 is 2.06 bits per heavy atom. The molecule has 36 heavy (non-hydrogen) atoms. The number of carbonyl (C=O) groups is 2. The maximum Gasteiger partial charge on any atom is 0.270 e. The maximum atomic E-state index is 13.7. The standard InChI is InChI=1S/C27H38N6O3/c1-4-20-17-36-15-14-33(20)22-9-8-19(16-28-22)30-26(35)24(31-25(34)21-10-13-29-32(21)3)23(18-6-5-7-18)27(2)11-12-27/h8-10,13,16,18,20,23-24H,4-7,11-12,14-15,17H2,1-3H3,(H,30,35)(H,31,34)/t20-,23?,24-/m0/s1. The van der Waals surface area contributed by atoms with Gasteiger partial charge in [-0.2, -0.15) is 5.10 Å². The number of morpholine rings is 1. The van der Waals surface area contributed by atoms with Crippen molar-refractivity contribution in [2.45, 2.75) is 64.5 Å². The van der Waals surface area contributed by atoms with Gasteiger partial charge in [-0.3, -0.25) is 14.3 Å². The minimum atomic E-state index is -0.617. The average Bonchev–Trinajstić information content (AvgIpc) is 3.45. The molecule has 2 amide bonds. The van der Waals surface area contributed by atoms with Gasteiger partial charge in [0, 0.05) is 19.8 Å². The first kappa shape index (κ1) is 24.7. The predicted molar refractivity (Wildman–Crippen MR) is 138 cm³/mol. The molecule has 1 saturated heterocycles. The molecule has 0 aromatic carbocycles. The van der Waals surface area contributed by atoms with Gasteiger partial charge >= 0.3 is 0 Å². The summed E-state index contributed by atoms with van der Waals surface area (Å²) < 4.78 is 7.16. The average molecular weight is 495 g/mol. The summed E-state index contributed by atoms with van der Waals surface area (Å²) >= 11 is 0. The Labute approximate surface area is 213 Å². The Bertz CT molecular complexity index is 1080. The molecular formula is C27H38N6O3. The monoisotopic (exact) mass is 494 g/mol. The molecule has 3 atom stereocenters. The molecule has 194 valence electrons. The smallest absolute Gasteiger partial charge is 0.270 e. The maximum absolute atomic E-state index is 13.7. The van der Waals surface area contributed by atoms with E-state index in [0.29, 0.717) is 36.6 Å². The van der Waals surface area contributed by atoms with Gasteiger partial charge in [0.25, 0.3) is 5.91 Å². The Kier molecular flexibility index (Phi) is 7.01. The van der Waals surface area contributed by atoms with Gasteiger partial charge in [0.15, 0.2) is 0 Å². The van der Waals surface area contributed by atoms with E-state index in [-0.39, 0.29) is 23.1 Å². The lowest BCUT2D eigenvalue weighted by Gasteiger charge is -2.42. The van der Waals surface area contributed by atoms with Gasteiger partial charge < -0.3 is 20.3 Å². The van der Waals surface area contributed by atoms with Crippen LogP contribution in [-0.2, 0) is 16.6 Å². The van der Waals surface area contributed by atoms with Gasteiger partial charge in [-0.1, -0.05) is 33.1 Å². The number of hydrogen-bond acceptors (Lipinski definition) is 6. The summed E-state index contributed by atoms with van der Waals surface area (Å²) in [7, 11) is 1.74. The van der Waals surface area contributed by atoms with E-state index in [4.69, 9.17) is 4.74 Å². The number of nitrogens with one attached hydrogen (secondary N) is 2. The van der Waals surface area contributed by atoms with Crippen molar-refractivity contribution < 1.29 is 14.3 Å². The third-order valence-corrected chi connectivity index (χ3v) is 8.49. The van der Waals surface area contributed by atoms with Gasteiger partial charge in [0.1, 0.15) is 17.6 Å². The number of nitrogens with zero attached hydrogens (tertiary/aromatic N) is 4. The fraction of sp³-hybridized carbons (Fsp3) is 0.630. The van der Waals surface area contributed by atoms with E-state index >= 15 is 0 Å². The molecule has 1 unspecified atom stereocenters. The van der Waals surface area contributed by atoms with Crippen molar-refractivity contribution in [3.63, 3.8) is 0 Å². The van der Waals surface area contributed by atoms with E-state index in [1.807, 2.05) is 12.1 Å². The van der Waals surface area contributed by atoms with Crippen LogP contribution in [0.5, 0.6) is 0 Å². The number of amides is 2. The Morgan fingerprint density at radius 1 is 1.25 bits per heavy atom. The van der Waals surface area contributed by atoms with Crippen LogP contribution in [-0.4, -0.2) is 58.4 Å². The van der Waals surface area contributed by atoms with Gasteiger partial charge in [0.2, 0.25) is 5.91 Å². The third kappa shape index (κ3) is 4.98. The quantitative estimate of drug-likeness (QED) is 0.554. The largest absolute Gasteiger partial charge is 0.377 e. The first-order valence-electron chi connectivity index (χ1n) is 13.3. The van der Waals surface area contributed by atoms with Crippen LogP contribution in [0, 0.1) is 17.3 Å². The van der Waals surface area contributed by atoms with Gasteiger partial charge in [-0.25, -0.2) is 4.98 Å². The highest BCUT2D eigenvalue weighted by molar-refractivity contribution is 6.00. The molecule has 2 aromatic rings. The molecule has 3 heterocycles. The fourth-order valence-corrected chi connectivity index (χ4v) is 5.85. The molecule has 5 rings (SSSR count). The summed E-state index contributed by atoms with van der Waals surface area (Å²) in [6.07, 6.45) is 9.89. The van der Waals surface area contributed by atoms with E-state index < -0.39 is 6.04 Å². The van der Waals surface area contributed by atoms with Crippen LogP contribution in [0.1, 0.15) is 62.9 Å². The van der Waals surface area contributed by atoms with Crippen LogP contribution in [0.4, 0.5) is 11.5 Å². The second-order valence-corrected chi connectivity index (χ2v) is 10.9. The van der Waals surface area contributed by atoms with Crippen LogP contribution >= 0.6 is 0 Å². The number of aromatic nitrogens is 3. The van der Waals surface area contributed by atoms with Gasteiger partial charge in [-0.15, -0.1) is 0 Å². The lowest BCUT2D eigenvalue weighted by Crippen LogP contribution is -2.54. The number of aryl methyl sites for hydroxylation is 1. The second-order valence-electron chi connectivity index (χ2n) is 10.9. The fourth-order valence-electron chi connectivity index (χ4n) is 5.85. The first-order chi connectivity index (χ1) is 17.4. The lowest BCUT2D eigenvalue weighted by atomic mass is 9.66. The number of anilines is 2. The van der Waals surface area contributed by atoms with Crippen LogP contribution < -0.4 is 15.5 Å². The minimum Gasteiger partial charge on any atom is -0.377 e. The molecule has 3 fully saturated rings. The first-order valence-corrected chi connectivity index (χ1v) is 13.3. The molecule has 9 nitrogen and oxygen atoms in total. The van der Waals surface area contributed by atoms with E-state index in [0.717, 1.165) is 44.5 Å². The van der Waals surface area contributed by atoms with Crippen molar-refractivity contribution in [3.05, 3.63) is 36.3 Å². The summed E-state index contributed by atoms with van der Waals surface area (Å²) in [5.74, 6) is 1.00. The summed E-state index contributed by atoms with van der Waals surface area (Å²) in [5.41, 5.74) is 1.17. The number of hydrogen-bond donors (Lipinski definition) is 2. The summed E-state index contributed by atoms with van der Waals surface area (Å²) in [6.45, 7) is 6.61. The van der Waals surface area contributed by atoms with Crippen molar-refractivity contribution in [1.29, 1.82) is 0 Å². The highest BCUT2D eigenvalue weighted by Gasteiger charge is 2.54. The van der Waals surface area contributed by atoms with Crippen LogP contribution in [0.2, 0.25) is 0 Å². The molecule has 9 heteroatoms. The van der Waals surface area contributed by atoms with E-state index in [9.17, 15) is 9.59 Å². The molecule has 0 radical (unpaired) electrons. The van der Waals surface area contributed by atoms with Crippen LogP contribution in [0.15, 0.2) is 30.6 Å². The number of pyridine rings is 1. The minimum absolute atomic E-state index is 0.0838. The molecule has 2 N–H and O–H groups in total. The second kappa shape index (κ2) is 10.2. The Morgan fingerprint density at radius 3 is 2.64 bits per heavy atom. The molecule has 2 aliphatic carbocycles. The number of ether oxygens (including phenoxy) is 1. The highest BCUT2D eigenvalue weighted by atomic mass is 16.5. The molecule has 2 saturated carbocycles. The zero-order valence-corrected chi connectivity index (χ0v) is 21.6. The predicted octanol–water partition coefficient (Wildman–Crippen LogP) is 3.38. The van der Waals surface area contributed by atoms with Crippen molar-refractivity contribution in [2.75, 3.05) is 30.0 Å². The molecule has 2 aromatic heterocycles.